The number of amides is 1. The fraction of sp³-hybridized carbons (Fsp3) is 0.152. The van der Waals surface area contributed by atoms with E-state index in [2.05, 4.69) is 4.98 Å². The normalized spacial score (nSPS) is 13.0. The molecule has 0 unspecified atom stereocenters. The quantitative estimate of drug-likeness (QED) is 0.140. The number of carboxylic acids is 1. The Morgan fingerprint density at radius 3 is 2.16 bits per heavy atom. The van der Waals surface area contributed by atoms with Crippen LogP contribution in [-0.4, -0.2) is 38.6 Å². The van der Waals surface area contributed by atoms with Crippen molar-refractivity contribution in [1.29, 1.82) is 5.26 Å². The maximum Gasteiger partial charge on any atom is 0.417 e. The average molecular weight is 688 g/mol. The first kappa shape index (κ1) is 34.4. The number of imidazole rings is 1. The monoisotopic (exact) mass is 687 g/mol. The summed E-state index contributed by atoms with van der Waals surface area (Å²) in [5, 5.41) is 22.9. The number of fused-ring (bicyclic) bond motifs is 1. The lowest BCUT2D eigenvalue weighted by molar-refractivity contribution is -0.144. The molecule has 0 fully saturated rings. The minimum absolute atomic E-state index is 0.0145. The van der Waals surface area contributed by atoms with Gasteiger partial charge in [0.15, 0.2) is 0 Å². The number of nitrogens with one attached hydrogen (secondary N) is 2. The highest BCUT2D eigenvalue weighted by Gasteiger charge is 2.41. The maximum absolute atomic E-state index is 15.0. The number of benzene rings is 3. The van der Waals surface area contributed by atoms with Crippen molar-refractivity contribution in [3.8, 4) is 17.2 Å². The van der Waals surface area contributed by atoms with E-state index >= 15 is 8.78 Å². The smallest absolute Gasteiger partial charge is 0.417 e. The van der Waals surface area contributed by atoms with E-state index in [4.69, 9.17) is 5.26 Å². The molecule has 1 amide bonds. The standard InChI is InChI=1S/C33H21F8N5O3/c34-24-13-19(44-28(33(39,40)41)18-4-2-1-3-5-18)14-25(35)27(24)30(47)45-26(31(48)49)15-20-7-9-22(29-43-10-11-46(20)29)21-8-6-17(16-42)12-23(21)32(36,37)38/h1-14,26,28,44H,15H2,(H,45,47)(H,48,49)/t26-,28+/m0/s1. The summed E-state index contributed by atoms with van der Waals surface area (Å²) in [5.41, 5.74) is -3.75. The van der Waals surface area contributed by atoms with Crippen LogP contribution in [0.5, 0.6) is 0 Å². The SMILES string of the molecule is N#Cc1ccc(-c2ccc(C[C@H](NC(=O)c3c(F)cc(N[C@H](c4ccccc4)C(F)(F)F)cc3F)C(=O)O)n3ccnc23)c(C(F)(F)F)c1. The fourth-order valence-corrected chi connectivity index (χ4v) is 5.21. The van der Waals surface area contributed by atoms with E-state index in [0.717, 1.165) is 18.2 Å². The van der Waals surface area contributed by atoms with Gasteiger partial charge in [0.25, 0.3) is 5.91 Å². The van der Waals surface area contributed by atoms with Crippen LogP contribution in [0.3, 0.4) is 0 Å². The Morgan fingerprint density at radius 1 is 0.918 bits per heavy atom. The third kappa shape index (κ3) is 7.30. The molecule has 0 saturated carbocycles. The predicted molar refractivity (Wildman–Crippen MR) is 158 cm³/mol. The number of nitriles is 1. The van der Waals surface area contributed by atoms with E-state index < -0.39 is 71.2 Å². The number of nitrogens with zero attached hydrogens (tertiary/aromatic N) is 3. The number of hydrogen-bond donors (Lipinski definition) is 3. The Bertz CT molecular complexity index is 2070. The average Bonchev–Trinajstić information content (AvgIpc) is 3.53. The molecule has 0 spiro atoms. The summed E-state index contributed by atoms with van der Waals surface area (Å²) >= 11 is 0. The molecule has 2 heterocycles. The molecule has 0 radical (unpaired) electrons. The van der Waals surface area contributed by atoms with Crippen LogP contribution < -0.4 is 10.6 Å². The summed E-state index contributed by atoms with van der Waals surface area (Å²) in [7, 11) is 0. The highest BCUT2D eigenvalue weighted by atomic mass is 19.4. The number of rotatable bonds is 9. The minimum atomic E-state index is -4.87. The number of aromatic nitrogens is 2. The molecule has 16 heteroatoms. The molecule has 2 atom stereocenters. The van der Waals surface area contributed by atoms with Gasteiger partial charge in [-0.05, 0) is 47.5 Å². The molecule has 0 aliphatic heterocycles. The van der Waals surface area contributed by atoms with Crippen LogP contribution >= 0.6 is 0 Å². The second-order valence-corrected chi connectivity index (χ2v) is 10.6. The van der Waals surface area contributed by atoms with Crippen LogP contribution in [0.15, 0.2) is 85.2 Å². The minimum Gasteiger partial charge on any atom is -0.480 e. The first-order valence-corrected chi connectivity index (χ1v) is 14.1. The molecular weight excluding hydrogens is 666 g/mol. The third-order valence-corrected chi connectivity index (χ3v) is 7.43. The number of alkyl halides is 6. The highest BCUT2D eigenvalue weighted by molar-refractivity contribution is 5.97. The number of halogens is 8. The van der Waals surface area contributed by atoms with Crippen molar-refractivity contribution in [2.24, 2.45) is 0 Å². The Balaban J connectivity index is 1.41. The third-order valence-electron chi connectivity index (χ3n) is 7.43. The van der Waals surface area contributed by atoms with E-state index in [-0.39, 0.29) is 33.6 Å². The molecule has 49 heavy (non-hydrogen) atoms. The fourth-order valence-electron chi connectivity index (χ4n) is 5.21. The predicted octanol–water partition coefficient (Wildman–Crippen LogP) is 7.31. The molecule has 0 saturated heterocycles. The van der Waals surface area contributed by atoms with Crippen molar-refractivity contribution >= 4 is 23.2 Å². The summed E-state index contributed by atoms with van der Waals surface area (Å²) in [5.74, 6) is -6.34. The lowest BCUT2D eigenvalue weighted by atomic mass is 9.97. The maximum atomic E-state index is 15.0. The van der Waals surface area contributed by atoms with Crippen LogP contribution in [0.25, 0.3) is 16.8 Å². The van der Waals surface area contributed by atoms with Crippen molar-refractivity contribution in [2.75, 3.05) is 5.32 Å². The lowest BCUT2D eigenvalue weighted by Gasteiger charge is -2.23. The molecule has 8 nitrogen and oxygen atoms in total. The number of carbonyl (C=O) groups is 2. The number of pyridine rings is 1. The van der Waals surface area contributed by atoms with Crippen molar-refractivity contribution < 1.29 is 49.8 Å². The molecule has 5 aromatic rings. The number of hydrogen-bond acceptors (Lipinski definition) is 5. The number of carbonyl (C=O) groups excluding carboxylic acids is 1. The number of carboxylic acid groups (broad SMARTS) is 1. The van der Waals surface area contributed by atoms with Crippen molar-refractivity contribution in [1.82, 2.24) is 14.7 Å². The highest BCUT2D eigenvalue weighted by Crippen LogP contribution is 2.39. The van der Waals surface area contributed by atoms with Gasteiger partial charge in [-0.25, -0.2) is 18.6 Å². The zero-order valence-electron chi connectivity index (χ0n) is 24.6. The van der Waals surface area contributed by atoms with Gasteiger partial charge in [0.2, 0.25) is 0 Å². The summed E-state index contributed by atoms with van der Waals surface area (Å²) in [6.45, 7) is 0. The Hall–Kier alpha value is -5.98. The molecule has 3 N–H and O–H groups in total. The molecule has 3 aromatic carbocycles. The van der Waals surface area contributed by atoms with E-state index in [1.165, 1.54) is 53.2 Å². The van der Waals surface area contributed by atoms with Gasteiger partial charge in [-0.3, -0.25) is 4.79 Å². The first-order valence-electron chi connectivity index (χ1n) is 14.1. The zero-order chi connectivity index (χ0) is 35.7. The second-order valence-electron chi connectivity index (χ2n) is 10.6. The Morgan fingerprint density at radius 2 is 1.57 bits per heavy atom. The summed E-state index contributed by atoms with van der Waals surface area (Å²) < 4.78 is 114. The largest absolute Gasteiger partial charge is 0.480 e. The van der Waals surface area contributed by atoms with Gasteiger partial charge in [0, 0.05) is 35.8 Å². The van der Waals surface area contributed by atoms with Gasteiger partial charge in [-0.15, -0.1) is 0 Å². The number of anilines is 1. The molecule has 0 aliphatic rings. The van der Waals surface area contributed by atoms with Gasteiger partial charge in [-0.1, -0.05) is 36.4 Å². The van der Waals surface area contributed by atoms with Crippen molar-refractivity contribution in [2.45, 2.75) is 30.9 Å². The van der Waals surface area contributed by atoms with Gasteiger partial charge >= 0.3 is 18.3 Å². The first-order chi connectivity index (χ1) is 23.1. The lowest BCUT2D eigenvalue weighted by Crippen LogP contribution is -2.43. The van der Waals surface area contributed by atoms with Gasteiger partial charge in [0.1, 0.15) is 34.9 Å². The van der Waals surface area contributed by atoms with Crippen LogP contribution in [0.1, 0.15) is 38.8 Å². The summed E-state index contributed by atoms with van der Waals surface area (Å²) in [4.78, 5) is 29.2. The van der Waals surface area contributed by atoms with Gasteiger partial charge in [0.05, 0.1) is 17.2 Å². The van der Waals surface area contributed by atoms with Crippen LogP contribution in [0.4, 0.5) is 40.8 Å². The summed E-state index contributed by atoms with van der Waals surface area (Å²) in [6.07, 6.45) is -7.71. The number of aliphatic carboxylic acids is 1. The van der Waals surface area contributed by atoms with Crippen LogP contribution in [0, 0.1) is 23.0 Å². The topological polar surface area (TPSA) is 120 Å². The molecule has 0 bridgehead atoms. The summed E-state index contributed by atoms with van der Waals surface area (Å²) in [6, 6.07) is 10.3. The van der Waals surface area contributed by atoms with E-state index in [1.54, 1.807) is 6.07 Å². The molecule has 252 valence electrons. The van der Waals surface area contributed by atoms with Crippen molar-refractivity contribution in [3.05, 3.63) is 125 Å². The zero-order valence-corrected chi connectivity index (χ0v) is 24.6. The Kier molecular flexibility index (Phi) is 9.30. The van der Waals surface area contributed by atoms with E-state index in [0.29, 0.717) is 18.2 Å². The molecule has 5 rings (SSSR count). The van der Waals surface area contributed by atoms with Gasteiger partial charge < -0.3 is 20.1 Å². The van der Waals surface area contributed by atoms with Crippen LogP contribution in [-0.2, 0) is 17.4 Å². The molecule has 0 aliphatic carbocycles. The van der Waals surface area contributed by atoms with E-state index in [9.17, 15) is 41.0 Å². The van der Waals surface area contributed by atoms with Gasteiger partial charge in [-0.2, -0.15) is 31.6 Å². The second kappa shape index (κ2) is 13.3. The van der Waals surface area contributed by atoms with Crippen LogP contribution in [0.2, 0.25) is 0 Å². The molecule has 2 aromatic heterocycles. The Labute approximate surface area is 271 Å². The van der Waals surface area contributed by atoms with Crippen molar-refractivity contribution in [3.63, 3.8) is 0 Å². The molecular formula is C33H21F8N5O3. The van der Waals surface area contributed by atoms with E-state index in [1.807, 2.05) is 10.6 Å².